The molecule has 0 spiro atoms. The third-order valence-corrected chi connectivity index (χ3v) is 6.99. The Bertz CT molecular complexity index is 854. The maximum Gasteiger partial charge on any atom is 0.421 e. The van der Waals surface area contributed by atoms with Crippen LogP contribution in [0.4, 0.5) is 10.5 Å². The number of thioether (sulfide) groups is 1. The fourth-order valence-corrected chi connectivity index (χ4v) is 5.20. The number of imide groups is 1. The number of hydrogen-bond donors (Lipinski definition) is 1. The van der Waals surface area contributed by atoms with Gasteiger partial charge in [-0.05, 0) is 46.2 Å². The van der Waals surface area contributed by atoms with Crippen molar-refractivity contribution in [3.8, 4) is 0 Å². The molecule has 1 N–H and O–H groups in total. The number of carbonyl (C=O) groups is 3. The molecule has 7 nitrogen and oxygen atoms in total. The SMILES string of the molecule is CCCCCCCCC(NC1C(=O)N(C(=O)OC(C)(C)C)c2ccccc2SC1C)C(=O)OCC. The van der Waals surface area contributed by atoms with E-state index in [1.54, 1.807) is 39.8 Å². The summed E-state index contributed by atoms with van der Waals surface area (Å²) < 4.78 is 10.9. The fourth-order valence-electron chi connectivity index (χ4n) is 4.03. The molecular weight excluding hydrogens is 464 g/mol. The van der Waals surface area contributed by atoms with Crippen LogP contribution in [-0.2, 0) is 19.1 Å². The predicted octanol–water partition coefficient (Wildman–Crippen LogP) is 6.09. The number of para-hydroxylation sites is 1. The number of unbranched alkanes of at least 4 members (excludes halogenated alkanes) is 5. The third kappa shape index (κ3) is 8.83. The topological polar surface area (TPSA) is 84.9 Å². The van der Waals surface area contributed by atoms with E-state index < -0.39 is 29.7 Å². The highest BCUT2D eigenvalue weighted by molar-refractivity contribution is 8.00. The Kier molecular flexibility index (Phi) is 11.6. The molecule has 0 fully saturated rings. The Labute approximate surface area is 214 Å². The molecule has 2 rings (SSSR count). The molecule has 3 atom stereocenters. The van der Waals surface area contributed by atoms with Crippen molar-refractivity contribution in [2.75, 3.05) is 11.5 Å². The molecule has 0 saturated carbocycles. The molecule has 1 aliphatic rings. The number of anilines is 1. The van der Waals surface area contributed by atoms with Crippen LogP contribution in [0.1, 0.15) is 86.5 Å². The smallest absolute Gasteiger partial charge is 0.421 e. The van der Waals surface area contributed by atoms with Crippen molar-refractivity contribution in [2.45, 2.75) is 114 Å². The molecule has 0 aromatic heterocycles. The Hall–Kier alpha value is -2.06. The zero-order chi connectivity index (χ0) is 26.0. The highest BCUT2D eigenvalue weighted by atomic mass is 32.2. The van der Waals surface area contributed by atoms with Crippen LogP contribution in [0.3, 0.4) is 0 Å². The van der Waals surface area contributed by atoms with Gasteiger partial charge in [0.15, 0.2) is 0 Å². The fraction of sp³-hybridized carbons (Fsp3) is 0.667. The van der Waals surface area contributed by atoms with Crippen LogP contribution in [0.2, 0.25) is 0 Å². The zero-order valence-electron chi connectivity index (χ0n) is 22.1. The van der Waals surface area contributed by atoms with Gasteiger partial charge in [-0.1, -0.05) is 64.5 Å². The van der Waals surface area contributed by atoms with Crippen molar-refractivity contribution < 1.29 is 23.9 Å². The van der Waals surface area contributed by atoms with Crippen molar-refractivity contribution >= 4 is 35.4 Å². The largest absolute Gasteiger partial charge is 0.465 e. The summed E-state index contributed by atoms with van der Waals surface area (Å²) in [5.41, 5.74) is -0.262. The van der Waals surface area contributed by atoms with Gasteiger partial charge in [-0.25, -0.2) is 9.69 Å². The van der Waals surface area contributed by atoms with Gasteiger partial charge >= 0.3 is 12.1 Å². The lowest BCUT2D eigenvalue weighted by molar-refractivity contribution is -0.146. The van der Waals surface area contributed by atoms with Crippen molar-refractivity contribution in [3.63, 3.8) is 0 Å². The molecule has 1 aromatic carbocycles. The standard InChI is InChI=1S/C27H42N2O5S/c1-7-9-10-11-12-13-16-20(25(31)33-8-2)28-23-19(3)35-22-18-15-14-17-21(22)29(24(23)30)26(32)34-27(4,5)6/h14-15,17-20,23,28H,7-13,16H2,1-6H3. The second-order valence-corrected chi connectivity index (χ2v) is 11.4. The van der Waals surface area contributed by atoms with Gasteiger partial charge in [0.05, 0.1) is 12.3 Å². The lowest BCUT2D eigenvalue weighted by Gasteiger charge is -2.30. The molecule has 1 heterocycles. The molecule has 3 unspecified atom stereocenters. The number of carbonyl (C=O) groups excluding carboxylic acids is 3. The number of benzene rings is 1. The highest BCUT2D eigenvalue weighted by Gasteiger charge is 2.42. The number of amides is 2. The van der Waals surface area contributed by atoms with E-state index in [0.29, 0.717) is 12.1 Å². The second-order valence-electron chi connectivity index (χ2n) is 9.95. The monoisotopic (exact) mass is 506 g/mol. The van der Waals surface area contributed by atoms with E-state index in [1.165, 1.54) is 31.0 Å². The van der Waals surface area contributed by atoms with E-state index in [-0.39, 0.29) is 17.8 Å². The van der Waals surface area contributed by atoms with Crippen molar-refractivity contribution in [1.82, 2.24) is 5.32 Å². The van der Waals surface area contributed by atoms with Gasteiger partial charge < -0.3 is 9.47 Å². The first-order valence-electron chi connectivity index (χ1n) is 12.8. The van der Waals surface area contributed by atoms with Crippen LogP contribution in [0, 0.1) is 0 Å². The molecule has 0 saturated heterocycles. The minimum Gasteiger partial charge on any atom is -0.465 e. The molecule has 1 aliphatic heterocycles. The Morgan fingerprint density at radius 3 is 2.40 bits per heavy atom. The number of rotatable bonds is 11. The van der Waals surface area contributed by atoms with Gasteiger partial charge in [0, 0.05) is 10.1 Å². The summed E-state index contributed by atoms with van der Waals surface area (Å²) in [6.07, 6.45) is 6.45. The molecule has 35 heavy (non-hydrogen) atoms. The Balaban J connectivity index is 2.27. The van der Waals surface area contributed by atoms with Crippen LogP contribution in [0.15, 0.2) is 29.2 Å². The van der Waals surface area contributed by atoms with Crippen LogP contribution >= 0.6 is 11.8 Å². The first kappa shape index (κ1) is 29.2. The average molecular weight is 507 g/mol. The molecule has 196 valence electrons. The van der Waals surface area contributed by atoms with E-state index in [1.807, 2.05) is 19.1 Å². The van der Waals surface area contributed by atoms with Gasteiger partial charge in [-0.15, -0.1) is 11.8 Å². The summed E-state index contributed by atoms with van der Waals surface area (Å²) in [7, 11) is 0. The average Bonchev–Trinajstić information content (AvgIpc) is 2.88. The van der Waals surface area contributed by atoms with E-state index in [0.717, 1.165) is 29.1 Å². The molecular formula is C27H42N2O5S. The lowest BCUT2D eigenvalue weighted by Crippen LogP contribution is -2.57. The normalized spacial score (nSPS) is 19.0. The van der Waals surface area contributed by atoms with Crippen molar-refractivity contribution in [3.05, 3.63) is 24.3 Å². The summed E-state index contributed by atoms with van der Waals surface area (Å²) in [6.45, 7) is 11.5. The lowest BCUT2D eigenvalue weighted by atomic mass is 10.0. The summed E-state index contributed by atoms with van der Waals surface area (Å²) >= 11 is 1.50. The zero-order valence-corrected chi connectivity index (χ0v) is 22.9. The molecule has 0 radical (unpaired) electrons. The van der Waals surface area contributed by atoms with E-state index in [2.05, 4.69) is 12.2 Å². The number of hydrogen-bond acceptors (Lipinski definition) is 7. The number of ether oxygens (including phenoxy) is 2. The minimum absolute atomic E-state index is 0.224. The van der Waals surface area contributed by atoms with Crippen molar-refractivity contribution in [2.24, 2.45) is 0 Å². The molecule has 2 amide bonds. The third-order valence-electron chi connectivity index (χ3n) is 5.75. The van der Waals surface area contributed by atoms with Gasteiger partial charge in [0.1, 0.15) is 17.7 Å². The predicted molar refractivity (Wildman–Crippen MR) is 141 cm³/mol. The van der Waals surface area contributed by atoms with Gasteiger partial charge in [0.25, 0.3) is 5.91 Å². The minimum atomic E-state index is -0.769. The van der Waals surface area contributed by atoms with Crippen molar-refractivity contribution in [1.29, 1.82) is 0 Å². The van der Waals surface area contributed by atoms with E-state index >= 15 is 0 Å². The Morgan fingerprint density at radius 1 is 1.09 bits per heavy atom. The maximum absolute atomic E-state index is 13.8. The number of nitrogens with one attached hydrogen (secondary N) is 1. The van der Waals surface area contributed by atoms with E-state index in [9.17, 15) is 14.4 Å². The first-order valence-corrected chi connectivity index (χ1v) is 13.7. The summed E-state index contributed by atoms with van der Waals surface area (Å²) in [5.74, 6) is -0.793. The Morgan fingerprint density at radius 2 is 1.74 bits per heavy atom. The molecule has 8 heteroatoms. The summed E-state index contributed by atoms with van der Waals surface area (Å²) in [6, 6.07) is 5.92. The number of nitrogens with zero attached hydrogens (tertiary/aromatic N) is 1. The number of esters is 1. The van der Waals surface area contributed by atoms with Crippen LogP contribution < -0.4 is 10.2 Å². The summed E-state index contributed by atoms with van der Waals surface area (Å²) in [4.78, 5) is 41.7. The van der Waals surface area contributed by atoms with Crippen LogP contribution in [-0.4, -0.2) is 47.5 Å². The molecule has 1 aromatic rings. The summed E-state index contributed by atoms with van der Waals surface area (Å²) in [5, 5.41) is 3.05. The van der Waals surface area contributed by atoms with Gasteiger partial charge in [-0.3, -0.25) is 14.9 Å². The van der Waals surface area contributed by atoms with Gasteiger partial charge in [0.2, 0.25) is 0 Å². The van der Waals surface area contributed by atoms with E-state index in [4.69, 9.17) is 9.47 Å². The molecule has 0 aliphatic carbocycles. The quantitative estimate of drug-likeness (QED) is 0.287. The number of fused-ring (bicyclic) bond motifs is 1. The van der Waals surface area contributed by atoms with Crippen LogP contribution in [0.25, 0.3) is 0 Å². The maximum atomic E-state index is 13.8. The van der Waals surface area contributed by atoms with Gasteiger partial charge in [-0.2, -0.15) is 0 Å². The molecule has 0 bridgehead atoms. The van der Waals surface area contributed by atoms with Crippen LogP contribution in [0.5, 0.6) is 0 Å². The highest BCUT2D eigenvalue weighted by Crippen LogP contribution is 2.38. The second kappa shape index (κ2) is 13.9. The first-order chi connectivity index (χ1) is 16.6.